The molecule has 1 aliphatic heterocycles. The molecule has 1 unspecified atom stereocenters. The molecule has 2 rings (SSSR count). The van der Waals surface area contributed by atoms with E-state index in [2.05, 4.69) is 5.32 Å². The molecule has 1 aliphatic rings. The van der Waals surface area contributed by atoms with E-state index in [0.717, 1.165) is 0 Å². The van der Waals surface area contributed by atoms with Crippen LogP contribution < -0.4 is 5.32 Å². The van der Waals surface area contributed by atoms with Gasteiger partial charge in [-0.15, -0.1) is 0 Å². The fourth-order valence-corrected chi connectivity index (χ4v) is 1.76. The van der Waals surface area contributed by atoms with E-state index in [1.807, 2.05) is 0 Å². The number of carboxylic acid groups (broad SMARTS) is 1. The lowest BCUT2D eigenvalue weighted by molar-refractivity contribution is -0.386. The fourth-order valence-electron chi connectivity index (χ4n) is 1.76. The Morgan fingerprint density at radius 3 is 2.81 bits per heavy atom. The van der Waals surface area contributed by atoms with Crippen molar-refractivity contribution < 1.29 is 19.9 Å². The molecule has 1 atom stereocenters. The zero-order chi connectivity index (χ0) is 11.9. The molecule has 7 nitrogen and oxygen atoms in total. The quantitative estimate of drug-likeness (QED) is 0.387. The summed E-state index contributed by atoms with van der Waals surface area (Å²) in [6, 6.07) is 1.73. The molecule has 84 valence electrons. The Labute approximate surface area is 89.5 Å². The first-order chi connectivity index (χ1) is 7.50. The number of carbonyl (C=O) groups is 1. The molecule has 0 saturated carbocycles. The van der Waals surface area contributed by atoms with Gasteiger partial charge in [0.2, 0.25) is 0 Å². The second-order valence-electron chi connectivity index (χ2n) is 3.46. The van der Waals surface area contributed by atoms with Gasteiger partial charge in [0.1, 0.15) is 6.04 Å². The molecule has 1 aromatic carbocycles. The van der Waals surface area contributed by atoms with Gasteiger partial charge in [0.15, 0.2) is 5.75 Å². The van der Waals surface area contributed by atoms with Crippen LogP contribution in [0.1, 0.15) is 5.56 Å². The number of rotatable bonds is 2. The lowest BCUT2D eigenvalue weighted by atomic mass is 10.1. The molecule has 0 aromatic heterocycles. The van der Waals surface area contributed by atoms with Gasteiger partial charge in [0.25, 0.3) is 0 Å². The van der Waals surface area contributed by atoms with Crippen LogP contribution in [0, 0.1) is 10.1 Å². The number of anilines is 1. The third-order valence-electron chi connectivity index (χ3n) is 2.48. The zero-order valence-electron chi connectivity index (χ0n) is 8.01. The van der Waals surface area contributed by atoms with E-state index in [1.54, 1.807) is 0 Å². The van der Waals surface area contributed by atoms with E-state index in [-0.39, 0.29) is 12.0 Å². The SMILES string of the molecule is O=C(O)C1Cc2c(ccc(O)c2[N+](=O)[O-])N1. The van der Waals surface area contributed by atoms with Gasteiger partial charge in [0.05, 0.1) is 10.5 Å². The Morgan fingerprint density at radius 2 is 2.25 bits per heavy atom. The maximum Gasteiger partial charge on any atom is 0.326 e. The smallest absolute Gasteiger partial charge is 0.326 e. The molecule has 0 bridgehead atoms. The van der Waals surface area contributed by atoms with Crippen molar-refractivity contribution in [3.05, 3.63) is 27.8 Å². The van der Waals surface area contributed by atoms with Crippen LogP contribution in [0.5, 0.6) is 5.75 Å². The van der Waals surface area contributed by atoms with E-state index in [1.165, 1.54) is 12.1 Å². The van der Waals surface area contributed by atoms with E-state index < -0.39 is 28.4 Å². The number of phenols is 1. The molecule has 0 fully saturated rings. The molecule has 0 amide bonds. The molecule has 1 aromatic rings. The Morgan fingerprint density at radius 1 is 1.56 bits per heavy atom. The van der Waals surface area contributed by atoms with Crippen molar-refractivity contribution in [2.24, 2.45) is 0 Å². The number of fused-ring (bicyclic) bond motifs is 1. The van der Waals surface area contributed by atoms with Crippen molar-refractivity contribution in [1.29, 1.82) is 0 Å². The van der Waals surface area contributed by atoms with E-state index in [9.17, 15) is 20.0 Å². The summed E-state index contributed by atoms with van der Waals surface area (Å²) in [6.07, 6.45) is -0.00458. The largest absolute Gasteiger partial charge is 0.502 e. The second kappa shape index (κ2) is 3.37. The third-order valence-corrected chi connectivity index (χ3v) is 2.48. The van der Waals surface area contributed by atoms with Crippen LogP contribution in [-0.4, -0.2) is 27.1 Å². The summed E-state index contributed by atoms with van der Waals surface area (Å²) < 4.78 is 0. The topological polar surface area (TPSA) is 113 Å². The van der Waals surface area contributed by atoms with E-state index >= 15 is 0 Å². The van der Waals surface area contributed by atoms with Gasteiger partial charge in [-0.25, -0.2) is 4.79 Å². The van der Waals surface area contributed by atoms with Crippen LogP contribution >= 0.6 is 0 Å². The fraction of sp³-hybridized carbons (Fsp3) is 0.222. The number of nitro groups is 1. The number of aromatic hydroxyl groups is 1. The van der Waals surface area contributed by atoms with E-state index in [4.69, 9.17) is 5.11 Å². The predicted octanol–water partition coefficient (Wildman–Crippen LogP) is 0.722. The first kappa shape index (κ1) is 10.2. The minimum Gasteiger partial charge on any atom is -0.502 e. The number of carboxylic acids is 1. The van der Waals surface area contributed by atoms with Gasteiger partial charge < -0.3 is 15.5 Å². The minimum atomic E-state index is -1.08. The summed E-state index contributed by atoms with van der Waals surface area (Å²) in [5, 5.41) is 31.5. The zero-order valence-corrected chi connectivity index (χ0v) is 8.01. The van der Waals surface area contributed by atoms with Crippen LogP contribution in [0.4, 0.5) is 11.4 Å². The van der Waals surface area contributed by atoms with Crippen LogP contribution in [0.25, 0.3) is 0 Å². The molecule has 16 heavy (non-hydrogen) atoms. The molecule has 0 aliphatic carbocycles. The molecule has 7 heteroatoms. The predicted molar refractivity (Wildman–Crippen MR) is 53.5 cm³/mol. The molecule has 0 saturated heterocycles. The molecular formula is C9H8N2O5. The number of phenolic OH excluding ortho intramolecular Hbond substituents is 1. The molecule has 0 radical (unpaired) electrons. The van der Waals surface area contributed by atoms with Gasteiger partial charge in [-0.2, -0.15) is 0 Å². The summed E-state index contributed by atoms with van der Waals surface area (Å²) in [5.74, 6) is -1.53. The van der Waals surface area contributed by atoms with Crippen LogP contribution in [-0.2, 0) is 11.2 Å². The molecule has 1 heterocycles. The number of nitro benzene ring substituents is 1. The summed E-state index contributed by atoms with van der Waals surface area (Å²) in [4.78, 5) is 20.8. The monoisotopic (exact) mass is 224 g/mol. The highest BCUT2D eigenvalue weighted by Crippen LogP contribution is 2.39. The molecule has 0 spiro atoms. The van der Waals surface area contributed by atoms with Gasteiger partial charge in [-0.3, -0.25) is 10.1 Å². The second-order valence-corrected chi connectivity index (χ2v) is 3.46. The Hall–Kier alpha value is -2.31. The van der Waals surface area contributed by atoms with Gasteiger partial charge in [0, 0.05) is 12.1 Å². The van der Waals surface area contributed by atoms with Crippen molar-refractivity contribution in [1.82, 2.24) is 0 Å². The lowest BCUT2D eigenvalue weighted by Gasteiger charge is -2.03. The van der Waals surface area contributed by atoms with Crippen molar-refractivity contribution in [3.63, 3.8) is 0 Å². The molecule has 3 N–H and O–H groups in total. The first-order valence-corrected chi connectivity index (χ1v) is 4.49. The van der Waals surface area contributed by atoms with Gasteiger partial charge in [-0.05, 0) is 12.1 Å². The van der Waals surface area contributed by atoms with Crippen molar-refractivity contribution in [3.8, 4) is 5.75 Å². The van der Waals surface area contributed by atoms with Crippen LogP contribution in [0.2, 0.25) is 0 Å². The number of aliphatic carboxylic acids is 1. The minimum absolute atomic E-state index is 0.00458. The average molecular weight is 224 g/mol. The van der Waals surface area contributed by atoms with Crippen LogP contribution in [0.15, 0.2) is 12.1 Å². The summed E-state index contributed by atoms with van der Waals surface area (Å²) in [7, 11) is 0. The number of nitrogens with zero attached hydrogens (tertiary/aromatic N) is 1. The Kier molecular flexibility index (Phi) is 2.15. The van der Waals surface area contributed by atoms with Crippen LogP contribution in [0.3, 0.4) is 0 Å². The normalized spacial score (nSPS) is 17.6. The Bertz CT molecular complexity index is 485. The third kappa shape index (κ3) is 1.42. The highest BCUT2D eigenvalue weighted by molar-refractivity contribution is 5.83. The summed E-state index contributed by atoms with van der Waals surface area (Å²) in [6.45, 7) is 0. The number of benzene rings is 1. The lowest BCUT2D eigenvalue weighted by Crippen LogP contribution is -2.26. The van der Waals surface area contributed by atoms with Crippen molar-refractivity contribution in [2.75, 3.05) is 5.32 Å². The standard InChI is InChI=1S/C9H8N2O5/c12-7-2-1-5-4(8(7)11(15)16)3-6(10-5)9(13)14/h1-2,6,10,12H,3H2,(H,13,14). The average Bonchev–Trinajstić information content (AvgIpc) is 2.60. The number of hydrogen-bond donors (Lipinski definition) is 3. The van der Waals surface area contributed by atoms with E-state index in [0.29, 0.717) is 5.69 Å². The highest BCUT2D eigenvalue weighted by Gasteiger charge is 2.34. The Balaban J connectivity index is 2.49. The summed E-state index contributed by atoms with van der Waals surface area (Å²) in [5.41, 5.74) is 0.197. The molecular weight excluding hydrogens is 216 g/mol. The van der Waals surface area contributed by atoms with Gasteiger partial charge in [-0.1, -0.05) is 0 Å². The number of nitrogens with one attached hydrogen (secondary N) is 1. The van der Waals surface area contributed by atoms with Crippen molar-refractivity contribution >= 4 is 17.3 Å². The maximum absolute atomic E-state index is 10.7. The van der Waals surface area contributed by atoms with Gasteiger partial charge >= 0.3 is 11.7 Å². The number of hydrogen-bond acceptors (Lipinski definition) is 5. The summed E-state index contributed by atoms with van der Waals surface area (Å²) >= 11 is 0. The highest BCUT2D eigenvalue weighted by atomic mass is 16.6. The maximum atomic E-state index is 10.7. The van der Waals surface area contributed by atoms with Crippen molar-refractivity contribution in [2.45, 2.75) is 12.5 Å². The first-order valence-electron chi connectivity index (χ1n) is 4.49.